The molecule has 4 rings (SSSR count). The molecule has 3 aromatic rings. The Morgan fingerprint density at radius 1 is 1.27 bits per heavy atom. The Kier molecular flexibility index (Phi) is 6.79. The first kappa shape index (κ1) is 23.0. The fourth-order valence-corrected chi connectivity index (χ4v) is 4.57. The first-order valence-electron chi connectivity index (χ1n) is 10.8. The van der Waals surface area contributed by atoms with Gasteiger partial charge < -0.3 is 14.7 Å². The van der Waals surface area contributed by atoms with E-state index >= 15 is 0 Å². The summed E-state index contributed by atoms with van der Waals surface area (Å²) in [4.78, 5) is 30.0. The van der Waals surface area contributed by atoms with Gasteiger partial charge in [-0.05, 0) is 55.5 Å². The number of likely N-dealkylation sites (tertiary alicyclic amines) is 1. The predicted octanol–water partition coefficient (Wildman–Crippen LogP) is 5.17. The van der Waals surface area contributed by atoms with Crippen molar-refractivity contribution in [1.82, 2.24) is 9.88 Å². The number of aromatic nitrogens is 1. The molecule has 1 unspecified atom stereocenters. The molecule has 33 heavy (non-hydrogen) atoms. The van der Waals surface area contributed by atoms with E-state index in [0.717, 1.165) is 23.8 Å². The van der Waals surface area contributed by atoms with E-state index in [1.807, 2.05) is 6.07 Å². The first-order valence-corrected chi connectivity index (χ1v) is 11.2. The number of aliphatic carboxylic acids is 1. The van der Waals surface area contributed by atoms with E-state index in [4.69, 9.17) is 21.4 Å². The fraction of sp³-hybridized carbons (Fsp3) is 0.320. The molecule has 2 aromatic carbocycles. The van der Waals surface area contributed by atoms with Crippen molar-refractivity contribution >= 4 is 34.4 Å². The van der Waals surface area contributed by atoms with Gasteiger partial charge in [-0.2, -0.15) is 0 Å². The number of carbonyl (C=O) groups is 2. The van der Waals surface area contributed by atoms with Crippen LogP contribution in [0.25, 0.3) is 22.0 Å². The van der Waals surface area contributed by atoms with Gasteiger partial charge in [0.15, 0.2) is 6.10 Å². The van der Waals surface area contributed by atoms with Crippen molar-refractivity contribution in [3.8, 4) is 16.9 Å². The zero-order chi connectivity index (χ0) is 23.5. The van der Waals surface area contributed by atoms with Crippen LogP contribution in [-0.2, 0) is 9.59 Å². The summed E-state index contributed by atoms with van der Waals surface area (Å²) in [6.07, 6.45) is 2.54. The molecule has 2 atom stereocenters. The van der Waals surface area contributed by atoms with Crippen molar-refractivity contribution in [3.63, 3.8) is 0 Å². The Morgan fingerprint density at radius 2 is 2.09 bits per heavy atom. The van der Waals surface area contributed by atoms with Gasteiger partial charge in [-0.25, -0.2) is 4.39 Å². The average molecular weight is 471 g/mol. The van der Waals surface area contributed by atoms with E-state index < -0.39 is 17.9 Å². The number of piperidine rings is 1. The lowest BCUT2D eigenvalue weighted by Crippen LogP contribution is -2.46. The Morgan fingerprint density at radius 3 is 2.88 bits per heavy atom. The van der Waals surface area contributed by atoms with Crippen LogP contribution in [0.15, 0.2) is 48.7 Å². The Hall–Kier alpha value is -3.19. The summed E-state index contributed by atoms with van der Waals surface area (Å²) in [6.45, 7) is 2.71. The van der Waals surface area contributed by atoms with Gasteiger partial charge in [0.25, 0.3) is 5.91 Å². The number of benzene rings is 2. The normalized spacial score (nSPS) is 17.1. The minimum absolute atomic E-state index is 0.0367. The van der Waals surface area contributed by atoms with Gasteiger partial charge in [0.1, 0.15) is 11.6 Å². The lowest BCUT2D eigenvalue weighted by atomic mass is 9.94. The maximum absolute atomic E-state index is 14.0. The zero-order valence-electron chi connectivity index (χ0n) is 18.1. The highest BCUT2D eigenvalue weighted by Crippen LogP contribution is 2.35. The van der Waals surface area contributed by atoms with Crippen molar-refractivity contribution in [2.75, 3.05) is 13.1 Å². The lowest BCUT2D eigenvalue weighted by Gasteiger charge is -2.33. The summed E-state index contributed by atoms with van der Waals surface area (Å²) in [7, 11) is 0. The number of carbonyl (C=O) groups excluding carboxylic acids is 1. The van der Waals surface area contributed by atoms with Crippen molar-refractivity contribution in [2.45, 2.75) is 32.3 Å². The molecule has 6 nitrogen and oxygen atoms in total. The SMILES string of the molecule is CC(Oc1ccc2c(-c3cccc(F)c3Cl)ccnc2c1)C(=O)N1CCC[C@H](CC(=O)O)C1. The number of halogens is 2. The quantitative estimate of drug-likeness (QED) is 0.537. The van der Waals surface area contributed by atoms with Gasteiger partial charge in [0.05, 0.1) is 10.5 Å². The highest BCUT2D eigenvalue weighted by atomic mass is 35.5. The third-order valence-electron chi connectivity index (χ3n) is 5.91. The molecule has 1 aliphatic rings. The molecule has 172 valence electrons. The fourth-order valence-electron chi connectivity index (χ4n) is 4.34. The number of rotatable bonds is 6. The second-order valence-corrected chi connectivity index (χ2v) is 8.67. The Labute approximate surface area is 195 Å². The van der Waals surface area contributed by atoms with Crippen LogP contribution in [0.1, 0.15) is 26.2 Å². The smallest absolute Gasteiger partial charge is 0.303 e. The van der Waals surface area contributed by atoms with Crippen molar-refractivity contribution < 1.29 is 23.8 Å². The van der Waals surface area contributed by atoms with Crippen molar-refractivity contribution in [1.29, 1.82) is 0 Å². The van der Waals surface area contributed by atoms with Crippen LogP contribution < -0.4 is 4.74 Å². The maximum Gasteiger partial charge on any atom is 0.303 e. The number of ether oxygens (including phenoxy) is 1. The van der Waals surface area contributed by atoms with E-state index in [0.29, 0.717) is 29.9 Å². The largest absolute Gasteiger partial charge is 0.481 e. The molecular formula is C25H24ClFN2O4. The van der Waals surface area contributed by atoms with Gasteiger partial charge in [0.2, 0.25) is 0 Å². The van der Waals surface area contributed by atoms with Gasteiger partial charge in [-0.15, -0.1) is 0 Å². The van der Waals surface area contributed by atoms with Crippen LogP contribution in [0.5, 0.6) is 5.75 Å². The molecule has 1 N–H and O–H groups in total. The molecule has 0 bridgehead atoms. The summed E-state index contributed by atoms with van der Waals surface area (Å²) in [5, 5.41) is 9.87. The zero-order valence-corrected chi connectivity index (χ0v) is 18.9. The topological polar surface area (TPSA) is 79.7 Å². The van der Waals surface area contributed by atoms with Crippen LogP contribution in [0.4, 0.5) is 4.39 Å². The van der Waals surface area contributed by atoms with E-state index in [9.17, 15) is 14.0 Å². The number of pyridine rings is 1. The number of carboxylic acids is 1. The van der Waals surface area contributed by atoms with Gasteiger partial charge in [0, 0.05) is 42.7 Å². The molecule has 0 radical (unpaired) electrons. The van der Waals surface area contributed by atoms with E-state index in [-0.39, 0.29) is 23.3 Å². The van der Waals surface area contributed by atoms with Crippen molar-refractivity contribution in [3.05, 3.63) is 59.5 Å². The molecule has 2 heterocycles. The Bertz CT molecular complexity index is 1200. The van der Waals surface area contributed by atoms with Gasteiger partial charge >= 0.3 is 5.97 Å². The molecule has 8 heteroatoms. The third-order valence-corrected chi connectivity index (χ3v) is 6.29. The second kappa shape index (κ2) is 9.75. The number of amides is 1. The highest BCUT2D eigenvalue weighted by molar-refractivity contribution is 6.33. The highest BCUT2D eigenvalue weighted by Gasteiger charge is 2.29. The molecule has 0 spiro atoms. The third kappa shape index (κ3) is 5.09. The van der Waals surface area contributed by atoms with E-state index in [1.54, 1.807) is 48.4 Å². The summed E-state index contributed by atoms with van der Waals surface area (Å²) in [5.74, 6) is -1.06. The molecule has 1 aromatic heterocycles. The molecule has 1 aliphatic heterocycles. The lowest BCUT2D eigenvalue weighted by molar-refractivity contribution is -0.143. The van der Waals surface area contributed by atoms with Crippen LogP contribution in [-0.4, -0.2) is 46.1 Å². The number of carboxylic acid groups (broad SMARTS) is 1. The van der Waals surface area contributed by atoms with Gasteiger partial charge in [-0.3, -0.25) is 14.6 Å². The number of hydrogen-bond acceptors (Lipinski definition) is 4. The summed E-state index contributed by atoms with van der Waals surface area (Å²) in [5.41, 5.74) is 1.95. The molecule has 1 saturated heterocycles. The Balaban J connectivity index is 1.52. The average Bonchev–Trinajstić information content (AvgIpc) is 2.79. The van der Waals surface area contributed by atoms with Crippen LogP contribution in [0, 0.1) is 11.7 Å². The molecule has 1 amide bonds. The minimum atomic E-state index is -0.846. The van der Waals surface area contributed by atoms with Crippen LogP contribution >= 0.6 is 11.6 Å². The molecule has 0 aliphatic carbocycles. The first-order chi connectivity index (χ1) is 15.8. The van der Waals surface area contributed by atoms with E-state index in [1.165, 1.54) is 6.07 Å². The standard InChI is InChI=1S/C25H24ClFN2O4/c1-15(25(32)29-11-3-4-16(14-29)12-23(30)31)33-17-7-8-19-18(9-10-28-22(19)13-17)20-5-2-6-21(27)24(20)26/h2,5-10,13,15-16H,3-4,11-12,14H2,1H3,(H,30,31)/t15?,16-/m1/s1. The number of nitrogens with zero attached hydrogens (tertiary/aromatic N) is 2. The maximum atomic E-state index is 14.0. The predicted molar refractivity (Wildman–Crippen MR) is 124 cm³/mol. The number of fused-ring (bicyclic) bond motifs is 1. The molecule has 1 fully saturated rings. The molecule has 0 saturated carbocycles. The van der Waals surface area contributed by atoms with Crippen LogP contribution in [0.2, 0.25) is 5.02 Å². The van der Waals surface area contributed by atoms with Crippen LogP contribution in [0.3, 0.4) is 0 Å². The summed E-state index contributed by atoms with van der Waals surface area (Å²) >= 11 is 6.18. The van der Waals surface area contributed by atoms with E-state index in [2.05, 4.69) is 4.98 Å². The summed E-state index contributed by atoms with van der Waals surface area (Å²) < 4.78 is 19.9. The monoisotopic (exact) mass is 470 g/mol. The minimum Gasteiger partial charge on any atom is -0.481 e. The number of hydrogen-bond donors (Lipinski definition) is 1. The van der Waals surface area contributed by atoms with Crippen molar-refractivity contribution in [2.24, 2.45) is 5.92 Å². The second-order valence-electron chi connectivity index (χ2n) is 8.29. The van der Waals surface area contributed by atoms with Gasteiger partial charge in [-0.1, -0.05) is 23.7 Å². The summed E-state index contributed by atoms with van der Waals surface area (Å²) in [6, 6.07) is 11.7. The molecular weight excluding hydrogens is 447 g/mol.